The van der Waals surface area contributed by atoms with E-state index in [4.69, 9.17) is 4.74 Å². The Morgan fingerprint density at radius 3 is 2.79 bits per heavy atom. The fraction of sp³-hybridized carbons (Fsp3) is 0.250. The van der Waals surface area contributed by atoms with Gasteiger partial charge in [-0.05, 0) is 31.4 Å². The molecule has 1 heterocycles. The van der Waals surface area contributed by atoms with Crippen LogP contribution in [0.25, 0.3) is 0 Å². The summed E-state index contributed by atoms with van der Waals surface area (Å²) in [7, 11) is 1.55. The van der Waals surface area contributed by atoms with Gasteiger partial charge in [-0.1, -0.05) is 11.3 Å². The van der Waals surface area contributed by atoms with Gasteiger partial charge in [-0.2, -0.15) is 0 Å². The van der Waals surface area contributed by atoms with Gasteiger partial charge in [0.25, 0.3) is 5.91 Å². The van der Waals surface area contributed by atoms with Gasteiger partial charge in [-0.3, -0.25) is 10.1 Å². The molecule has 1 amide bonds. The van der Waals surface area contributed by atoms with Crippen molar-refractivity contribution in [3.8, 4) is 5.75 Å². The first kappa shape index (κ1) is 13.8. The fourth-order valence-corrected chi connectivity index (χ4v) is 2.51. The number of ether oxygens (including phenoxy) is 1. The number of aromatic nitrogens is 2. The normalized spacial score (nSPS) is 10.3. The largest absolute Gasteiger partial charge is 0.496 e. The second-order valence-corrected chi connectivity index (χ2v) is 5.71. The Labute approximate surface area is 119 Å². The van der Waals surface area contributed by atoms with Crippen molar-refractivity contribution < 1.29 is 9.53 Å². The third-order valence-corrected chi connectivity index (χ3v) is 3.88. The van der Waals surface area contributed by atoms with Crippen molar-refractivity contribution in [1.29, 1.82) is 0 Å². The molecule has 0 unspecified atom stereocenters. The lowest BCUT2D eigenvalue weighted by molar-refractivity contribution is 0.102. The van der Waals surface area contributed by atoms with Gasteiger partial charge in [0.2, 0.25) is 5.13 Å². The van der Waals surface area contributed by atoms with Crippen molar-refractivity contribution in [1.82, 2.24) is 10.2 Å². The number of nitrogens with zero attached hydrogens (tertiary/aromatic N) is 2. The highest BCUT2D eigenvalue weighted by atomic mass is 32.2. The van der Waals surface area contributed by atoms with Crippen molar-refractivity contribution in [3.05, 3.63) is 28.8 Å². The first-order valence-corrected chi connectivity index (χ1v) is 7.51. The van der Waals surface area contributed by atoms with Crippen molar-refractivity contribution in [2.24, 2.45) is 0 Å². The SMILES string of the molecule is COc1cc(SC)ccc1C(=O)Nc1nnc(C)s1. The van der Waals surface area contributed by atoms with E-state index in [1.807, 2.05) is 25.3 Å². The molecule has 0 saturated heterocycles. The second-order valence-electron chi connectivity index (χ2n) is 3.65. The summed E-state index contributed by atoms with van der Waals surface area (Å²) in [5.41, 5.74) is 0.480. The Hall–Kier alpha value is -1.60. The Balaban J connectivity index is 2.23. The van der Waals surface area contributed by atoms with Crippen molar-refractivity contribution >= 4 is 34.1 Å². The maximum Gasteiger partial charge on any atom is 0.261 e. The molecule has 1 N–H and O–H groups in total. The zero-order valence-electron chi connectivity index (χ0n) is 10.8. The fourth-order valence-electron chi connectivity index (χ4n) is 1.50. The Kier molecular flexibility index (Phi) is 4.39. The van der Waals surface area contributed by atoms with Gasteiger partial charge >= 0.3 is 0 Å². The molecule has 0 fully saturated rings. The molecule has 5 nitrogen and oxygen atoms in total. The van der Waals surface area contributed by atoms with Crippen LogP contribution in [-0.2, 0) is 0 Å². The summed E-state index contributed by atoms with van der Waals surface area (Å²) in [5, 5.41) is 11.7. The zero-order chi connectivity index (χ0) is 13.8. The summed E-state index contributed by atoms with van der Waals surface area (Å²) < 4.78 is 5.25. The molecule has 0 spiro atoms. The van der Waals surface area contributed by atoms with E-state index in [9.17, 15) is 4.79 Å². The summed E-state index contributed by atoms with van der Waals surface area (Å²) in [5.74, 6) is 0.297. The Morgan fingerprint density at radius 2 is 2.21 bits per heavy atom. The molecule has 100 valence electrons. The number of anilines is 1. The maximum absolute atomic E-state index is 12.1. The molecule has 7 heteroatoms. The molecule has 0 aliphatic carbocycles. The molecule has 0 atom stereocenters. The van der Waals surface area contributed by atoms with Crippen LogP contribution < -0.4 is 10.1 Å². The summed E-state index contributed by atoms with van der Waals surface area (Å²) in [6, 6.07) is 5.46. The van der Waals surface area contributed by atoms with Crippen LogP contribution in [0.15, 0.2) is 23.1 Å². The molecule has 0 aliphatic rings. The van der Waals surface area contributed by atoms with Crippen LogP contribution in [0.2, 0.25) is 0 Å². The van der Waals surface area contributed by atoms with Crippen LogP contribution >= 0.6 is 23.1 Å². The number of aryl methyl sites for hydroxylation is 1. The molecule has 0 radical (unpaired) electrons. The minimum absolute atomic E-state index is 0.249. The standard InChI is InChI=1S/C12H13N3O2S2/c1-7-14-15-12(19-7)13-11(16)9-5-4-8(18-3)6-10(9)17-2/h4-6H,1-3H3,(H,13,15,16). The number of carbonyl (C=O) groups excluding carboxylic acids is 1. The lowest BCUT2D eigenvalue weighted by atomic mass is 10.2. The molecule has 1 aromatic carbocycles. The number of nitrogens with one attached hydrogen (secondary N) is 1. The van der Waals surface area contributed by atoms with Crippen LogP contribution in [0.4, 0.5) is 5.13 Å². The maximum atomic E-state index is 12.1. The van der Waals surface area contributed by atoms with Crippen LogP contribution in [0, 0.1) is 6.92 Å². The van der Waals surface area contributed by atoms with Gasteiger partial charge in [-0.15, -0.1) is 22.0 Å². The average Bonchev–Trinajstić information content (AvgIpc) is 2.83. The first-order valence-electron chi connectivity index (χ1n) is 5.47. The summed E-state index contributed by atoms with van der Waals surface area (Å²) in [4.78, 5) is 13.2. The van der Waals surface area contributed by atoms with Gasteiger partial charge in [0, 0.05) is 4.90 Å². The number of benzene rings is 1. The van der Waals surface area contributed by atoms with Gasteiger partial charge < -0.3 is 4.74 Å². The van der Waals surface area contributed by atoms with Crippen LogP contribution in [0.3, 0.4) is 0 Å². The van der Waals surface area contributed by atoms with E-state index in [0.717, 1.165) is 9.90 Å². The van der Waals surface area contributed by atoms with Crippen LogP contribution in [0.1, 0.15) is 15.4 Å². The highest BCUT2D eigenvalue weighted by Gasteiger charge is 2.14. The van der Waals surface area contributed by atoms with Crippen molar-refractivity contribution in [2.75, 3.05) is 18.7 Å². The second kappa shape index (κ2) is 6.03. The lowest BCUT2D eigenvalue weighted by Gasteiger charge is -2.09. The van der Waals surface area contributed by atoms with Crippen molar-refractivity contribution in [3.63, 3.8) is 0 Å². The predicted octanol–water partition coefficient (Wildman–Crippen LogP) is 2.83. The molecule has 0 saturated carbocycles. The van der Waals surface area contributed by atoms with Crippen LogP contribution in [0.5, 0.6) is 5.75 Å². The number of hydrogen-bond acceptors (Lipinski definition) is 6. The highest BCUT2D eigenvalue weighted by molar-refractivity contribution is 7.98. The zero-order valence-corrected chi connectivity index (χ0v) is 12.4. The topological polar surface area (TPSA) is 64.1 Å². The number of carbonyl (C=O) groups is 1. The van der Waals surface area contributed by atoms with E-state index in [1.54, 1.807) is 24.9 Å². The lowest BCUT2D eigenvalue weighted by Crippen LogP contribution is -2.13. The molecule has 19 heavy (non-hydrogen) atoms. The van der Waals surface area contributed by atoms with Gasteiger partial charge in [0.1, 0.15) is 10.8 Å². The van der Waals surface area contributed by atoms with E-state index in [0.29, 0.717) is 16.4 Å². The van der Waals surface area contributed by atoms with E-state index in [1.165, 1.54) is 11.3 Å². The third kappa shape index (κ3) is 3.24. The molecule has 2 rings (SSSR count). The number of methoxy groups -OCH3 is 1. The minimum atomic E-state index is -0.249. The molecular formula is C12H13N3O2S2. The van der Waals surface area contributed by atoms with E-state index in [2.05, 4.69) is 15.5 Å². The van der Waals surface area contributed by atoms with E-state index < -0.39 is 0 Å². The summed E-state index contributed by atoms with van der Waals surface area (Å²) in [6.07, 6.45) is 1.97. The number of amides is 1. The monoisotopic (exact) mass is 295 g/mol. The highest BCUT2D eigenvalue weighted by Crippen LogP contribution is 2.26. The number of hydrogen-bond donors (Lipinski definition) is 1. The summed E-state index contributed by atoms with van der Waals surface area (Å²) in [6.45, 7) is 1.83. The molecule has 0 aliphatic heterocycles. The van der Waals surface area contributed by atoms with Crippen LogP contribution in [-0.4, -0.2) is 29.5 Å². The average molecular weight is 295 g/mol. The van der Waals surface area contributed by atoms with Gasteiger partial charge in [-0.25, -0.2) is 0 Å². The number of rotatable bonds is 4. The molecular weight excluding hydrogens is 282 g/mol. The van der Waals surface area contributed by atoms with Gasteiger partial charge in [0.15, 0.2) is 0 Å². The molecule has 1 aromatic heterocycles. The third-order valence-electron chi connectivity index (χ3n) is 2.40. The smallest absolute Gasteiger partial charge is 0.261 e. The van der Waals surface area contributed by atoms with Gasteiger partial charge in [0.05, 0.1) is 12.7 Å². The molecule has 2 aromatic rings. The van der Waals surface area contributed by atoms with E-state index in [-0.39, 0.29) is 5.91 Å². The van der Waals surface area contributed by atoms with Crippen molar-refractivity contribution in [2.45, 2.75) is 11.8 Å². The Morgan fingerprint density at radius 1 is 1.42 bits per heavy atom. The Bertz CT molecular complexity index is 598. The summed E-state index contributed by atoms with van der Waals surface area (Å²) >= 11 is 2.93. The number of thioether (sulfide) groups is 1. The van der Waals surface area contributed by atoms with E-state index >= 15 is 0 Å². The predicted molar refractivity (Wildman–Crippen MR) is 77.4 cm³/mol. The minimum Gasteiger partial charge on any atom is -0.496 e. The molecule has 0 bridgehead atoms. The first-order chi connectivity index (χ1) is 9.13. The quantitative estimate of drug-likeness (QED) is 0.879.